The second-order valence-corrected chi connectivity index (χ2v) is 7.87. The molecule has 0 bridgehead atoms. The van der Waals surface area contributed by atoms with E-state index in [1.54, 1.807) is 0 Å². The van der Waals surface area contributed by atoms with E-state index in [-0.39, 0.29) is 5.41 Å². The van der Waals surface area contributed by atoms with Crippen molar-refractivity contribution in [2.24, 2.45) is 0 Å². The molecule has 2 heterocycles. The number of nitrogens with zero attached hydrogens (tertiary/aromatic N) is 2. The molecule has 0 radical (unpaired) electrons. The Morgan fingerprint density at radius 2 is 1.75 bits per heavy atom. The molecule has 0 atom stereocenters. The number of anilines is 1. The Morgan fingerprint density at radius 3 is 2.29 bits per heavy atom. The van der Waals surface area contributed by atoms with E-state index in [4.69, 9.17) is 9.97 Å². The maximum Gasteiger partial charge on any atom is 0.223 e. The van der Waals surface area contributed by atoms with Crippen molar-refractivity contribution < 1.29 is 0 Å². The van der Waals surface area contributed by atoms with Crippen molar-refractivity contribution in [2.75, 3.05) is 18.4 Å². The SMILES string of the molecule is Cc1ccc(Cc2c(C)nc(NC3CNC3)nc2C(C)(C)C)cc1. The number of aromatic nitrogens is 2. The maximum atomic E-state index is 4.89. The Hall–Kier alpha value is -1.94. The van der Waals surface area contributed by atoms with Gasteiger partial charge in [-0.3, -0.25) is 0 Å². The van der Waals surface area contributed by atoms with E-state index in [1.807, 2.05) is 0 Å². The summed E-state index contributed by atoms with van der Waals surface area (Å²) in [7, 11) is 0. The van der Waals surface area contributed by atoms with Crippen LogP contribution in [0.25, 0.3) is 0 Å². The summed E-state index contributed by atoms with van der Waals surface area (Å²) in [4.78, 5) is 9.62. The Bertz CT molecular complexity index is 710. The van der Waals surface area contributed by atoms with Gasteiger partial charge in [0.2, 0.25) is 5.95 Å². The van der Waals surface area contributed by atoms with Crippen LogP contribution in [0.2, 0.25) is 0 Å². The number of hydrogen-bond donors (Lipinski definition) is 2. The van der Waals surface area contributed by atoms with Gasteiger partial charge in [-0.25, -0.2) is 9.97 Å². The molecule has 128 valence electrons. The number of benzene rings is 1. The van der Waals surface area contributed by atoms with Crippen LogP contribution in [-0.4, -0.2) is 29.1 Å². The number of aryl methyl sites for hydroxylation is 2. The number of hydrogen-bond acceptors (Lipinski definition) is 4. The fraction of sp³-hybridized carbons (Fsp3) is 0.500. The third-order valence-electron chi connectivity index (χ3n) is 4.54. The second kappa shape index (κ2) is 6.52. The van der Waals surface area contributed by atoms with Gasteiger partial charge in [-0.05, 0) is 25.0 Å². The van der Waals surface area contributed by atoms with Gasteiger partial charge < -0.3 is 10.6 Å². The molecule has 4 heteroatoms. The van der Waals surface area contributed by atoms with Crippen molar-refractivity contribution in [3.8, 4) is 0 Å². The number of rotatable bonds is 4. The minimum atomic E-state index is -0.0119. The van der Waals surface area contributed by atoms with E-state index in [0.29, 0.717) is 6.04 Å². The van der Waals surface area contributed by atoms with Gasteiger partial charge in [-0.2, -0.15) is 0 Å². The molecule has 2 N–H and O–H groups in total. The molecule has 0 amide bonds. The highest BCUT2D eigenvalue weighted by Gasteiger charge is 2.25. The maximum absolute atomic E-state index is 4.89. The Kier molecular flexibility index (Phi) is 4.59. The number of nitrogens with one attached hydrogen (secondary N) is 2. The van der Waals surface area contributed by atoms with E-state index in [2.05, 4.69) is 69.5 Å². The molecule has 1 saturated heterocycles. The van der Waals surface area contributed by atoms with Crippen molar-refractivity contribution in [1.29, 1.82) is 0 Å². The van der Waals surface area contributed by atoms with E-state index in [0.717, 1.165) is 36.8 Å². The molecular formula is C20H28N4. The van der Waals surface area contributed by atoms with Crippen LogP contribution in [-0.2, 0) is 11.8 Å². The molecule has 1 aliphatic heterocycles. The molecule has 1 aromatic heterocycles. The molecule has 0 aliphatic carbocycles. The molecule has 1 fully saturated rings. The van der Waals surface area contributed by atoms with Gasteiger partial charge in [0.05, 0.1) is 11.7 Å². The van der Waals surface area contributed by atoms with Crippen molar-refractivity contribution in [1.82, 2.24) is 15.3 Å². The smallest absolute Gasteiger partial charge is 0.223 e. The molecule has 3 rings (SSSR count). The van der Waals surface area contributed by atoms with Gasteiger partial charge in [-0.1, -0.05) is 50.6 Å². The monoisotopic (exact) mass is 324 g/mol. The summed E-state index contributed by atoms with van der Waals surface area (Å²) >= 11 is 0. The zero-order chi connectivity index (χ0) is 17.3. The highest BCUT2D eigenvalue weighted by atomic mass is 15.2. The van der Waals surface area contributed by atoms with E-state index in [9.17, 15) is 0 Å². The van der Waals surface area contributed by atoms with E-state index in [1.165, 1.54) is 16.7 Å². The molecule has 0 saturated carbocycles. The highest BCUT2D eigenvalue weighted by Crippen LogP contribution is 2.28. The van der Waals surface area contributed by atoms with Crippen LogP contribution >= 0.6 is 0 Å². The summed E-state index contributed by atoms with van der Waals surface area (Å²) < 4.78 is 0. The van der Waals surface area contributed by atoms with Crippen molar-refractivity contribution in [3.05, 3.63) is 52.3 Å². The third kappa shape index (κ3) is 3.75. The highest BCUT2D eigenvalue weighted by molar-refractivity contribution is 5.41. The van der Waals surface area contributed by atoms with Gasteiger partial charge >= 0.3 is 0 Å². The predicted octanol–water partition coefficient (Wildman–Crippen LogP) is 3.37. The fourth-order valence-electron chi connectivity index (χ4n) is 2.98. The first-order valence-corrected chi connectivity index (χ1v) is 8.74. The average molecular weight is 324 g/mol. The first-order valence-electron chi connectivity index (χ1n) is 8.74. The molecule has 0 spiro atoms. The first kappa shape index (κ1) is 16.9. The fourth-order valence-corrected chi connectivity index (χ4v) is 2.98. The quantitative estimate of drug-likeness (QED) is 0.905. The van der Waals surface area contributed by atoms with Crippen LogP contribution in [0.4, 0.5) is 5.95 Å². The van der Waals surface area contributed by atoms with Crippen molar-refractivity contribution in [2.45, 2.75) is 52.5 Å². The molecule has 4 nitrogen and oxygen atoms in total. The molecule has 1 aliphatic rings. The summed E-state index contributed by atoms with van der Waals surface area (Å²) in [6.45, 7) is 12.9. The lowest BCUT2D eigenvalue weighted by Crippen LogP contribution is -2.51. The van der Waals surface area contributed by atoms with Crippen LogP contribution in [0.3, 0.4) is 0 Å². The molecule has 24 heavy (non-hydrogen) atoms. The van der Waals surface area contributed by atoms with E-state index < -0.39 is 0 Å². The topological polar surface area (TPSA) is 49.8 Å². The predicted molar refractivity (Wildman–Crippen MR) is 99.7 cm³/mol. The Labute approximate surface area is 145 Å². The lowest BCUT2D eigenvalue weighted by atomic mass is 9.86. The zero-order valence-corrected chi connectivity index (χ0v) is 15.4. The van der Waals surface area contributed by atoms with Crippen molar-refractivity contribution >= 4 is 5.95 Å². The van der Waals surface area contributed by atoms with Gasteiger partial charge in [0, 0.05) is 30.6 Å². The van der Waals surface area contributed by atoms with E-state index >= 15 is 0 Å². The van der Waals surface area contributed by atoms with Gasteiger partial charge in [0.15, 0.2) is 0 Å². The molecular weight excluding hydrogens is 296 g/mol. The lowest BCUT2D eigenvalue weighted by Gasteiger charge is -2.29. The van der Waals surface area contributed by atoms with Crippen molar-refractivity contribution in [3.63, 3.8) is 0 Å². The first-order chi connectivity index (χ1) is 11.3. The molecule has 0 unspecified atom stereocenters. The minimum Gasteiger partial charge on any atom is -0.349 e. The van der Waals surface area contributed by atoms with Crippen LogP contribution in [0, 0.1) is 13.8 Å². The summed E-state index contributed by atoms with van der Waals surface area (Å²) in [6, 6.07) is 9.19. The van der Waals surface area contributed by atoms with Gasteiger partial charge in [-0.15, -0.1) is 0 Å². The van der Waals surface area contributed by atoms with Crippen LogP contribution in [0.15, 0.2) is 24.3 Å². The average Bonchev–Trinajstić information content (AvgIpc) is 2.46. The van der Waals surface area contributed by atoms with Gasteiger partial charge in [0.1, 0.15) is 0 Å². The summed E-state index contributed by atoms with van der Waals surface area (Å²) in [5.41, 5.74) is 6.06. The lowest BCUT2D eigenvalue weighted by molar-refractivity contribution is 0.468. The Balaban J connectivity index is 1.95. The third-order valence-corrected chi connectivity index (χ3v) is 4.54. The van der Waals surface area contributed by atoms with Crippen LogP contribution < -0.4 is 10.6 Å². The molecule has 1 aromatic carbocycles. The standard InChI is InChI=1S/C20H28N4/c1-13-6-8-15(9-7-13)10-17-14(2)22-19(23-16-11-21-12-16)24-18(17)20(3,4)5/h6-9,16,21H,10-12H2,1-5H3,(H,22,23,24). The summed E-state index contributed by atoms with van der Waals surface area (Å²) in [5, 5.41) is 6.72. The Morgan fingerprint density at radius 1 is 1.08 bits per heavy atom. The van der Waals surface area contributed by atoms with Crippen LogP contribution in [0.1, 0.15) is 48.8 Å². The van der Waals surface area contributed by atoms with Crippen LogP contribution in [0.5, 0.6) is 0 Å². The summed E-state index contributed by atoms with van der Waals surface area (Å²) in [5.74, 6) is 0.761. The van der Waals surface area contributed by atoms with Gasteiger partial charge in [0.25, 0.3) is 0 Å². The summed E-state index contributed by atoms with van der Waals surface area (Å²) in [6.07, 6.45) is 0.879. The zero-order valence-electron chi connectivity index (χ0n) is 15.4. The molecule has 2 aromatic rings. The second-order valence-electron chi connectivity index (χ2n) is 7.87. The largest absolute Gasteiger partial charge is 0.349 e. The minimum absolute atomic E-state index is 0.0119. The normalized spacial score (nSPS) is 15.2.